The molecule has 146 valence electrons. The summed E-state index contributed by atoms with van der Waals surface area (Å²) < 4.78 is 4.08. The van der Waals surface area contributed by atoms with E-state index in [1.807, 2.05) is 62.1 Å². The first-order valence-corrected chi connectivity index (χ1v) is 9.65. The summed E-state index contributed by atoms with van der Waals surface area (Å²) in [6, 6.07) is 12.4. The Morgan fingerprint density at radius 2 is 1.83 bits per heavy atom. The van der Waals surface area contributed by atoms with E-state index >= 15 is 0 Å². The predicted octanol–water partition coefficient (Wildman–Crippen LogP) is 4.11. The van der Waals surface area contributed by atoms with Crippen LogP contribution in [0.2, 0.25) is 0 Å². The number of nitrogens with two attached hydrogens (primary N) is 1. The molecule has 5 rings (SSSR count). The van der Waals surface area contributed by atoms with Gasteiger partial charge in [-0.2, -0.15) is 5.10 Å². The fourth-order valence-electron chi connectivity index (χ4n) is 3.62. The van der Waals surface area contributed by atoms with Crippen molar-refractivity contribution in [1.29, 1.82) is 0 Å². The first-order chi connectivity index (χ1) is 14.2. The smallest absolute Gasteiger partial charge is 0.163 e. The Morgan fingerprint density at radius 3 is 2.62 bits per heavy atom. The number of pyridine rings is 2. The normalized spacial score (nSPS) is 10.9. The van der Waals surface area contributed by atoms with E-state index in [0.29, 0.717) is 12.4 Å². The largest absolute Gasteiger partial charge is 0.383 e. The van der Waals surface area contributed by atoms with Crippen LogP contribution in [0.4, 0.5) is 5.82 Å². The summed E-state index contributed by atoms with van der Waals surface area (Å²) in [5.41, 5.74) is 12.1. The zero-order valence-corrected chi connectivity index (χ0v) is 16.7. The van der Waals surface area contributed by atoms with Crippen LogP contribution in [0.3, 0.4) is 0 Å². The van der Waals surface area contributed by atoms with Crippen LogP contribution in [0.5, 0.6) is 0 Å². The van der Waals surface area contributed by atoms with Crippen LogP contribution >= 0.6 is 0 Å². The monoisotopic (exact) mass is 385 g/mol. The SMILES string of the molecule is CC.Cc1nn(Cc2cc3ccccn3c2-c2ccncc2)c2ncnc(N)c12. The average molecular weight is 385 g/mol. The second-order valence-corrected chi connectivity index (χ2v) is 6.45. The van der Waals surface area contributed by atoms with Crippen molar-refractivity contribution in [3.63, 3.8) is 0 Å². The lowest BCUT2D eigenvalue weighted by atomic mass is 10.1. The highest BCUT2D eigenvalue weighted by Gasteiger charge is 2.17. The van der Waals surface area contributed by atoms with Gasteiger partial charge in [-0.25, -0.2) is 14.6 Å². The Bertz CT molecular complexity index is 1270. The van der Waals surface area contributed by atoms with Crippen LogP contribution in [0.25, 0.3) is 27.8 Å². The molecular weight excluding hydrogens is 362 g/mol. The summed E-state index contributed by atoms with van der Waals surface area (Å²) >= 11 is 0. The number of hydrogen-bond acceptors (Lipinski definition) is 5. The second-order valence-electron chi connectivity index (χ2n) is 6.45. The summed E-state index contributed by atoms with van der Waals surface area (Å²) in [6.45, 7) is 6.51. The number of aryl methyl sites for hydroxylation is 1. The first-order valence-electron chi connectivity index (χ1n) is 9.65. The van der Waals surface area contributed by atoms with E-state index in [1.54, 1.807) is 0 Å². The van der Waals surface area contributed by atoms with E-state index in [9.17, 15) is 0 Å². The number of nitrogens with zero attached hydrogens (tertiary/aromatic N) is 6. The fraction of sp³-hybridized carbons (Fsp3) is 0.182. The van der Waals surface area contributed by atoms with Gasteiger partial charge in [-0.3, -0.25) is 4.98 Å². The van der Waals surface area contributed by atoms with Gasteiger partial charge < -0.3 is 10.1 Å². The minimum atomic E-state index is 0.458. The van der Waals surface area contributed by atoms with E-state index < -0.39 is 0 Å². The van der Waals surface area contributed by atoms with Gasteiger partial charge in [0.05, 0.1) is 23.3 Å². The van der Waals surface area contributed by atoms with Crippen molar-refractivity contribution in [2.45, 2.75) is 27.3 Å². The van der Waals surface area contributed by atoms with Gasteiger partial charge in [-0.15, -0.1) is 0 Å². The van der Waals surface area contributed by atoms with Crippen LogP contribution in [0.1, 0.15) is 25.1 Å². The number of hydrogen-bond donors (Lipinski definition) is 1. The topological polar surface area (TPSA) is 86.9 Å². The summed E-state index contributed by atoms with van der Waals surface area (Å²) in [5, 5.41) is 5.48. The van der Waals surface area contributed by atoms with Crippen LogP contribution < -0.4 is 5.73 Å². The number of anilines is 1. The Morgan fingerprint density at radius 1 is 1.03 bits per heavy atom. The highest BCUT2D eigenvalue weighted by molar-refractivity contribution is 5.88. The maximum Gasteiger partial charge on any atom is 0.163 e. The van der Waals surface area contributed by atoms with Crippen molar-refractivity contribution in [3.8, 4) is 11.3 Å². The molecule has 29 heavy (non-hydrogen) atoms. The van der Waals surface area contributed by atoms with Crippen LogP contribution in [0.15, 0.2) is 61.3 Å². The van der Waals surface area contributed by atoms with Gasteiger partial charge in [0, 0.05) is 35.2 Å². The molecule has 2 N–H and O–H groups in total. The quantitative estimate of drug-likeness (QED) is 0.505. The maximum absolute atomic E-state index is 6.03. The highest BCUT2D eigenvalue weighted by atomic mass is 15.3. The summed E-state index contributed by atoms with van der Waals surface area (Å²) in [7, 11) is 0. The zero-order chi connectivity index (χ0) is 20.4. The average Bonchev–Trinajstić information content (AvgIpc) is 3.28. The molecule has 0 spiro atoms. The highest BCUT2D eigenvalue weighted by Crippen LogP contribution is 2.29. The number of fused-ring (bicyclic) bond motifs is 2. The predicted molar refractivity (Wildman–Crippen MR) is 116 cm³/mol. The molecule has 5 aromatic heterocycles. The van der Waals surface area contributed by atoms with Crippen molar-refractivity contribution in [3.05, 3.63) is 72.6 Å². The molecule has 0 bridgehead atoms. The lowest BCUT2D eigenvalue weighted by Crippen LogP contribution is -2.04. The summed E-state index contributed by atoms with van der Waals surface area (Å²) in [6.07, 6.45) is 7.17. The Kier molecular flexibility index (Phi) is 4.95. The molecule has 0 fully saturated rings. The van der Waals surface area contributed by atoms with Gasteiger partial charge in [0.1, 0.15) is 12.1 Å². The third-order valence-electron chi connectivity index (χ3n) is 4.77. The molecule has 7 heteroatoms. The third-order valence-corrected chi connectivity index (χ3v) is 4.77. The summed E-state index contributed by atoms with van der Waals surface area (Å²) in [5.74, 6) is 0.458. The van der Waals surface area contributed by atoms with Gasteiger partial charge in [-0.05, 0) is 37.3 Å². The van der Waals surface area contributed by atoms with Gasteiger partial charge >= 0.3 is 0 Å². The minimum Gasteiger partial charge on any atom is -0.383 e. The van der Waals surface area contributed by atoms with Crippen molar-refractivity contribution in [2.24, 2.45) is 0 Å². The van der Waals surface area contributed by atoms with Crippen molar-refractivity contribution < 1.29 is 0 Å². The molecule has 5 aromatic rings. The molecule has 0 saturated heterocycles. The maximum atomic E-state index is 6.03. The standard InChI is InChI=1S/C20H17N7.C2H6/c1-13-17-19(21)23-12-24-20(17)27(25-13)11-15-10-16-4-2-3-9-26(16)18(15)14-5-7-22-8-6-14;1-2/h2-10,12H,11H2,1H3,(H2,21,23,24);1-2H3. The Balaban J connectivity index is 0.000000994. The van der Waals surface area contributed by atoms with Gasteiger partial charge in [0.25, 0.3) is 0 Å². The molecule has 0 aliphatic carbocycles. The second kappa shape index (κ2) is 7.71. The van der Waals surface area contributed by atoms with Crippen LogP contribution in [-0.4, -0.2) is 29.1 Å². The van der Waals surface area contributed by atoms with Crippen molar-refractivity contribution in [1.82, 2.24) is 29.1 Å². The minimum absolute atomic E-state index is 0.458. The molecule has 0 aromatic carbocycles. The molecule has 0 aliphatic rings. The fourth-order valence-corrected chi connectivity index (χ4v) is 3.62. The molecule has 0 aliphatic heterocycles. The molecule has 5 heterocycles. The van der Waals surface area contributed by atoms with Crippen LogP contribution in [-0.2, 0) is 6.54 Å². The molecule has 0 unspecified atom stereocenters. The van der Waals surface area contributed by atoms with E-state index in [0.717, 1.165) is 39.1 Å². The summed E-state index contributed by atoms with van der Waals surface area (Å²) in [4.78, 5) is 12.6. The number of aromatic nitrogens is 6. The van der Waals surface area contributed by atoms with Crippen molar-refractivity contribution >= 4 is 22.4 Å². The Labute approximate surface area is 168 Å². The molecule has 7 nitrogen and oxygen atoms in total. The van der Waals surface area contributed by atoms with Gasteiger partial charge in [0.15, 0.2) is 5.65 Å². The van der Waals surface area contributed by atoms with E-state index in [-0.39, 0.29) is 0 Å². The van der Waals surface area contributed by atoms with Crippen LogP contribution in [0, 0.1) is 6.92 Å². The molecule has 0 radical (unpaired) electrons. The lowest BCUT2D eigenvalue weighted by molar-refractivity contribution is 0.696. The third kappa shape index (κ3) is 3.20. The van der Waals surface area contributed by atoms with Gasteiger partial charge in [-0.1, -0.05) is 19.9 Å². The molecule has 0 atom stereocenters. The zero-order valence-electron chi connectivity index (χ0n) is 16.7. The molecule has 0 saturated carbocycles. The van der Waals surface area contributed by atoms with Gasteiger partial charge in [0.2, 0.25) is 0 Å². The number of nitrogen functional groups attached to an aromatic ring is 1. The molecule has 0 amide bonds. The molecular formula is C22H23N7. The first kappa shape index (κ1) is 18.6. The van der Waals surface area contributed by atoms with Crippen molar-refractivity contribution in [2.75, 3.05) is 5.73 Å². The van der Waals surface area contributed by atoms with E-state index in [1.165, 1.54) is 6.33 Å². The number of rotatable bonds is 3. The lowest BCUT2D eigenvalue weighted by Gasteiger charge is -2.08. The van der Waals surface area contributed by atoms with E-state index in [4.69, 9.17) is 5.73 Å². The Hall–Kier alpha value is -3.74. The van der Waals surface area contributed by atoms with E-state index in [2.05, 4.69) is 42.8 Å².